The van der Waals surface area contributed by atoms with Gasteiger partial charge in [-0.15, -0.1) is 0 Å². The molecule has 1 aromatic carbocycles. The Balaban J connectivity index is 1.67. The van der Waals surface area contributed by atoms with Gasteiger partial charge < -0.3 is 14.5 Å². The zero-order valence-corrected chi connectivity index (χ0v) is 11.7. The van der Waals surface area contributed by atoms with Crippen molar-refractivity contribution in [1.82, 2.24) is 9.80 Å². The molecule has 3 aliphatic rings. The first kappa shape index (κ1) is 13.6. The average Bonchev–Trinajstić information content (AvgIpc) is 3.10. The number of ether oxygens (including phenoxy) is 1. The van der Waals surface area contributed by atoms with Crippen LogP contribution in [-0.4, -0.2) is 53.1 Å². The van der Waals surface area contributed by atoms with Gasteiger partial charge in [0, 0.05) is 25.6 Å². The maximum Gasteiger partial charge on any atom is 0.257 e. The Morgan fingerprint density at radius 1 is 1.32 bits per heavy atom. The van der Waals surface area contributed by atoms with Crippen LogP contribution in [0.25, 0.3) is 0 Å². The number of rotatable bonds is 1. The fraction of sp³-hybridized carbons (Fsp3) is 0.467. The largest absolute Gasteiger partial charge is 0.351 e. The van der Waals surface area contributed by atoms with Crippen molar-refractivity contribution < 1.29 is 23.1 Å². The molecular weight excluding hydrogens is 294 g/mol. The van der Waals surface area contributed by atoms with Crippen LogP contribution in [0, 0.1) is 11.6 Å². The predicted molar refractivity (Wildman–Crippen MR) is 70.8 cm³/mol. The Hall–Kier alpha value is -2.02. The Bertz CT molecular complexity index is 681. The highest BCUT2D eigenvalue weighted by Crippen LogP contribution is 2.45. The van der Waals surface area contributed by atoms with Gasteiger partial charge in [0.2, 0.25) is 5.91 Å². The van der Waals surface area contributed by atoms with Gasteiger partial charge >= 0.3 is 0 Å². The molecule has 0 N–H and O–H groups in total. The van der Waals surface area contributed by atoms with E-state index < -0.39 is 29.3 Å². The van der Waals surface area contributed by atoms with Crippen LogP contribution in [0.5, 0.6) is 0 Å². The number of benzene rings is 1. The Morgan fingerprint density at radius 2 is 2.14 bits per heavy atom. The zero-order valence-electron chi connectivity index (χ0n) is 11.7. The van der Waals surface area contributed by atoms with Gasteiger partial charge in [0.25, 0.3) is 5.91 Å². The second-order valence-electron chi connectivity index (χ2n) is 5.83. The number of hydrogen-bond acceptors (Lipinski definition) is 3. The molecule has 116 valence electrons. The van der Waals surface area contributed by atoms with E-state index in [0.29, 0.717) is 32.2 Å². The first-order chi connectivity index (χ1) is 10.5. The maximum absolute atomic E-state index is 13.8. The van der Waals surface area contributed by atoms with Gasteiger partial charge in [0.05, 0.1) is 24.6 Å². The molecule has 3 saturated heterocycles. The SMILES string of the molecule is O=C(c1ccc(F)cc1F)N1CC[C@@]23OCCN2C(=O)C[C@@H]13. The molecule has 3 fully saturated rings. The Labute approximate surface area is 125 Å². The third-order valence-electron chi connectivity index (χ3n) is 4.82. The molecule has 1 spiro atoms. The first-order valence-electron chi connectivity index (χ1n) is 7.23. The van der Waals surface area contributed by atoms with E-state index in [1.807, 2.05) is 0 Å². The minimum atomic E-state index is -0.889. The highest BCUT2D eigenvalue weighted by molar-refractivity contribution is 5.96. The van der Waals surface area contributed by atoms with E-state index in [9.17, 15) is 18.4 Å². The van der Waals surface area contributed by atoms with Crippen molar-refractivity contribution in [1.29, 1.82) is 0 Å². The van der Waals surface area contributed by atoms with Gasteiger partial charge in [-0.2, -0.15) is 0 Å². The molecule has 0 bridgehead atoms. The van der Waals surface area contributed by atoms with Crippen LogP contribution >= 0.6 is 0 Å². The van der Waals surface area contributed by atoms with Crippen molar-refractivity contribution in [3.63, 3.8) is 0 Å². The summed E-state index contributed by atoms with van der Waals surface area (Å²) in [5, 5.41) is 0. The molecule has 22 heavy (non-hydrogen) atoms. The van der Waals surface area contributed by atoms with Crippen LogP contribution in [0.4, 0.5) is 8.78 Å². The summed E-state index contributed by atoms with van der Waals surface area (Å²) in [7, 11) is 0. The van der Waals surface area contributed by atoms with E-state index in [1.165, 1.54) is 4.90 Å². The molecule has 0 aromatic heterocycles. The monoisotopic (exact) mass is 308 g/mol. The van der Waals surface area contributed by atoms with Crippen LogP contribution < -0.4 is 0 Å². The van der Waals surface area contributed by atoms with E-state index in [1.54, 1.807) is 4.90 Å². The molecule has 4 rings (SSSR count). The molecular formula is C15H14F2N2O3. The van der Waals surface area contributed by atoms with Crippen molar-refractivity contribution >= 4 is 11.8 Å². The van der Waals surface area contributed by atoms with Gasteiger partial charge in [-0.1, -0.05) is 0 Å². The standard InChI is InChI=1S/C15H14F2N2O3/c16-9-1-2-10(11(17)7-9)14(21)18-4-3-15-12(18)8-13(20)19(15)5-6-22-15/h1-2,7,12H,3-6,8H2/t12-,15+/m1/s1. The molecule has 0 unspecified atom stereocenters. The van der Waals surface area contributed by atoms with Gasteiger partial charge in [-0.3, -0.25) is 9.59 Å². The van der Waals surface area contributed by atoms with Crippen LogP contribution in [0.2, 0.25) is 0 Å². The molecule has 7 heteroatoms. The van der Waals surface area contributed by atoms with Crippen LogP contribution in [-0.2, 0) is 9.53 Å². The normalized spacial score (nSPS) is 29.9. The lowest BCUT2D eigenvalue weighted by atomic mass is 10.1. The predicted octanol–water partition coefficient (Wildman–Crippen LogP) is 1.14. The van der Waals surface area contributed by atoms with Gasteiger partial charge in [0.1, 0.15) is 11.6 Å². The molecule has 3 aliphatic heterocycles. The fourth-order valence-corrected chi connectivity index (χ4v) is 3.85. The molecule has 5 nitrogen and oxygen atoms in total. The first-order valence-corrected chi connectivity index (χ1v) is 7.23. The van der Waals surface area contributed by atoms with E-state index in [4.69, 9.17) is 4.74 Å². The topological polar surface area (TPSA) is 49.9 Å². The fourth-order valence-electron chi connectivity index (χ4n) is 3.85. The Morgan fingerprint density at radius 3 is 2.91 bits per heavy atom. The molecule has 1 aromatic rings. The van der Waals surface area contributed by atoms with Crippen molar-refractivity contribution in [3.05, 3.63) is 35.4 Å². The number of nitrogens with zero attached hydrogens (tertiary/aromatic N) is 2. The molecule has 2 atom stereocenters. The number of likely N-dealkylation sites (tertiary alicyclic amines) is 1. The summed E-state index contributed by atoms with van der Waals surface area (Å²) in [6.45, 7) is 1.38. The average molecular weight is 308 g/mol. The smallest absolute Gasteiger partial charge is 0.257 e. The molecule has 2 amide bonds. The Kier molecular flexibility index (Phi) is 2.78. The third-order valence-corrected chi connectivity index (χ3v) is 4.82. The van der Waals surface area contributed by atoms with Gasteiger partial charge in [0.15, 0.2) is 5.72 Å². The molecule has 0 radical (unpaired) electrons. The van der Waals surface area contributed by atoms with E-state index >= 15 is 0 Å². The van der Waals surface area contributed by atoms with Crippen molar-refractivity contribution in [2.24, 2.45) is 0 Å². The minimum absolute atomic E-state index is 0.0421. The van der Waals surface area contributed by atoms with E-state index in [0.717, 1.165) is 12.1 Å². The van der Waals surface area contributed by atoms with Crippen LogP contribution in [0.3, 0.4) is 0 Å². The van der Waals surface area contributed by atoms with Crippen molar-refractivity contribution in [2.45, 2.75) is 24.6 Å². The number of carbonyl (C=O) groups excluding carboxylic acids is 2. The molecule has 3 heterocycles. The quantitative estimate of drug-likeness (QED) is 0.782. The summed E-state index contributed by atoms with van der Waals surface area (Å²) >= 11 is 0. The summed E-state index contributed by atoms with van der Waals surface area (Å²) in [5.41, 5.74) is -0.925. The van der Waals surface area contributed by atoms with E-state index in [2.05, 4.69) is 0 Å². The van der Waals surface area contributed by atoms with Crippen LogP contribution in [0.15, 0.2) is 18.2 Å². The summed E-state index contributed by atoms with van der Waals surface area (Å²) in [6, 6.07) is 2.49. The van der Waals surface area contributed by atoms with Crippen molar-refractivity contribution in [2.75, 3.05) is 19.7 Å². The van der Waals surface area contributed by atoms with Crippen LogP contribution in [0.1, 0.15) is 23.2 Å². The highest BCUT2D eigenvalue weighted by Gasteiger charge is 2.62. The van der Waals surface area contributed by atoms with E-state index in [-0.39, 0.29) is 17.9 Å². The lowest BCUT2D eigenvalue weighted by Crippen LogP contribution is -2.48. The second kappa shape index (κ2) is 4.49. The lowest BCUT2D eigenvalue weighted by molar-refractivity contribution is -0.136. The highest BCUT2D eigenvalue weighted by atomic mass is 19.1. The third kappa shape index (κ3) is 1.65. The summed E-state index contributed by atoms with van der Waals surface area (Å²) in [5.74, 6) is -2.18. The summed E-state index contributed by atoms with van der Waals surface area (Å²) < 4.78 is 32.6. The minimum Gasteiger partial charge on any atom is -0.351 e. The van der Waals surface area contributed by atoms with Crippen molar-refractivity contribution in [3.8, 4) is 0 Å². The number of amides is 2. The second-order valence-corrected chi connectivity index (χ2v) is 5.83. The number of carbonyl (C=O) groups is 2. The van der Waals surface area contributed by atoms with Gasteiger partial charge in [-0.25, -0.2) is 8.78 Å². The number of halogens is 2. The number of hydrogen-bond donors (Lipinski definition) is 0. The summed E-state index contributed by atoms with van der Waals surface area (Å²) in [4.78, 5) is 27.8. The maximum atomic E-state index is 13.8. The molecule has 0 saturated carbocycles. The van der Waals surface area contributed by atoms with Gasteiger partial charge in [-0.05, 0) is 12.1 Å². The lowest BCUT2D eigenvalue weighted by Gasteiger charge is -2.31. The summed E-state index contributed by atoms with van der Waals surface area (Å²) in [6.07, 6.45) is 0.715. The zero-order chi connectivity index (χ0) is 15.5. The molecule has 0 aliphatic carbocycles.